The fraction of sp³-hybridized carbons (Fsp3) is 0.250. The van der Waals surface area contributed by atoms with Crippen LogP contribution in [0.3, 0.4) is 0 Å². The Morgan fingerprint density at radius 1 is 1.50 bits per heavy atom. The largest absolute Gasteiger partial charge is 0.493 e. The lowest BCUT2D eigenvalue weighted by molar-refractivity contribution is 0.0696. The number of aromatic carboxylic acids is 1. The molecule has 0 spiro atoms. The van der Waals surface area contributed by atoms with Crippen molar-refractivity contribution < 1.29 is 19.4 Å². The predicted molar refractivity (Wildman–Crippen MR) is 70.3 cm³/mol. The van der Waals surface area contributed by atoms with Crippen molar-refractivity contribution in [3.8, 4) is 11.5 Å². The van der Waals surface area contributed by atoms with Gasteiger partial charge in [-0.3, -0.25) is 4.68 Å². The summed E-state index contributed by atoms with van der Waals surface area (Å²) in [5.74, 6) is 0.0229. The third-order valence-corrected chi connectivity index (χ3v) is 2.91. The summed E-state index contributed by atoms with van der Waals surface area (Å²) in [5.41, 5.74) is 0.0258. The Labute approximate surface area is 119 Å². The van der Waals surface area contributed by atoms with E-state index in [0.29, 0.717) is 5.82 Å². The lowest BCUT2D eigenvalue weighted by atomic mass is 10.2. The number of aromatic nitrogens is 3. The van der Waals surface area contributed by atoms with Crippen LogP contribution in [0.15, 0.2) is 18.5 Å². The molecule has 0 bridgehead atoms. The molecule has 0 amide bonds. The van der Waals surface area contributed by atoms with Crippen LogP contribution in [0, 0.1) is 0 Å². The third kappa shape index (κ3) is 2.83. The van der Waals surface area contributed by atoms with Gasteiger partial charge in [0.25, 0.3) is 0 Å². The molecule has 106 valence electrons. The van der Waals surface area contributed by atoms with Gasteiger partial charge in [-0.05, 0) is 12.1 Å². The zero-order valence-corrected chi connectivity index (χ0v) is 11.6. The molecular formula is C12H12ClN3O4. The van der Waals surface area contributed by atoms with E-state index in [0.717, 1.165) is 0 Å². The van der Waals surface area contributed by atoms with E-state index in [2.05, 4.69) is 10.1 Å². The van der Waals surface area contributed by atoms with Crippen LogP contribution in [0.4, 0.5) is 0 Å². The molecule has 8 heteroatoms. The fourth-order valence-electron chi connectivity index (χ4n) is 1.57. The van der Waals surface area contributed by atoms with Crippen LogP contribution in [0.1, 0.15) is 16.2 Å². The minimum absolute atomic E-state index is 0.0258. The first-order valence-corrected chi connectivity index (χ1v) is 5.97. The van der Waals surface area contributed by atoms with Crippen LogP contribution in [0.5, 0.6) is 11.5 Å². The molecule has 0 unspecified atom stereocenters. The summed E-state index contributed by atoms with van der Waals surface area (Å²) in [6, 6.07) is 2.65. The number of carboxylic acids is 1. The van der Waals surface area contributed by atoms with Crippen LogP contribution < -0.4 is 9.47 Å². The molecule has 0 radical (unpaired) electrons. The van der Waals surface area contributed by atoms with Crippen molar-refractivity contribution in [1.82, 2.24) is 14.8 Å². The quantitative estimate of drug-likeness (QED) is 0.905. The number of aryl methyl sites for hydroxylation is 1. The van der Waals surface area contributed by atoms with E-state index in [1.165, 1.54) is 25.6 Å². The minimum atomic E-state index is -1.09. The van der Waals surface area contributed by atoms with Gasteiger partial charge in [-0.25, -0.2) is 9.78 Å². The number of rotatable bonds is 5. The predicted octanol–water partition coefficient (Wildman–Crippen LogP) is 1.75. The first kappa shape index (κ1) is 14.1. The fourth-order valence-corrected chi connectivity index (χ4v) is 1.84. The number of methoxy groups -OCH3 is 1. The molecule has 1 aromatic heterocycles. The first-order valence-electron chi connectivity index (χ1n) is 5.59. The molecular weight excluding hydrogens is 286 g/mol. The molecule has 7 nitrogen and oxygen atoms in total. The Balaban J connectivity index is 2.27. The number of ether oxygens (including phenoxy) is 2. The summed E-state index contributed by atoms with van der Waals surface area (Å²) >= 11 is 6.03. The number of carboxylic acid groups (broad SMARTS) is 1. The Bertz CT molecular complexity index is 642. The van der Waals surface area contributed by atoms with E-state index in [1.54, 1.807) is 11.7 Å². The van der Waals surface area contributed by atoms with E-state index in [9.17, 15) is 4.79 Å². The van der Waals surface area contributed by atoms with Gasteiger partial charge in [-0.1, -0.05) is 11.6 Å². The maximum absolute atomic E-state index is 10.9. The van der Waals surface area contributed by atoms with E-state index in [-0.39, 0.29) is 28.7 Å². The smallest absolute Gasteiger partial charge is 0.335 e. The van der Waals surface area contributed by atoms with Crippen molar-refractivity contribution in [2.45, 2.75) is 6.61 Å². The van der Waals surface area contributed by atoms with Gasteiger partial charge in [-0.15, -0.1) is 0 Å². The van der Waals surface area contributed by atoms with Gasteiger partial charge < -0.3 is 14.6 Å². The molecule has 1 heterocycles. The number of benzene rings is 1. The van der Waals surface area contributed by atoms with Gasteiger partial charge >= 0.3 is 5.97 Å². The molecule has 0 aliphatic carbocycles. The summed E-state index contributed by atoms with van der Waals surface area (Å²) in [5, 5.41) is 13.0. The van der Waals surface area contributed by atoms with Crippen molar-refractivity contribution >= 4 is 17.6 Å². The van der Waals surface area contributed by atoms with Crippen molar-refractivity contribution in [3.05, 3.63) is 34.9 Å². The number of nitrogens with zero attached hydrogens (tertiary/aromatic N) is 3. The second-order valence-corrected chi connectivity index (χ2v) is 4.29. The minimum Gasteiger partial charge on any atom is -0.493 e. The highest BCUT2D eigenvalue weighted by Gasteiger charge is 2.16. The summed E-state index contributed by atoms with van der Waals surface area (Å²) in [6.45, 7) is 0.138. The lowest BCUT2D eigenvalue weighted by Gasteiger charge is -2.12. The van der Waals surface area contributed by atoms with Crippen LogP contribution in [-0.2, 0) is 13.7 Å². The average molecular weight is 298 g/mol. The zero-order chi connectivity index (χ0) is 14.7. The van der Waals surface area contributed by atoms with Gasteiger partial charge in [0.1, 0.15) is 12.9 Å². The summed E-state index contributed by atoms with van der Waals surface area (Å²) in [7, 11) is 3.14. The van der Waals surface area contributed by atoms with Gasteiger partial charge in [-0.2, -0.15) is 5.10 Å². The summed E-state index contributed by atoms with van der Waals surface area (Å²) in [4.78, 5) is 15.0. The van der Waals surface area contributed by atoms with Crippen LogP contribution in [0.2, 0.25) is 5.02 Å². The second kappa shape index (κ2) is 5.79. The molecule has 0 aliphatic heterocycles. The molecule has 0 saturated heterocycles. The highest BCUT2D eigenvalue weighted by Crippen LogP contribution is 2.36. The van der Waals surface area contributed by atoms with E-state index in [1.807, 2.05) is 0 Å². The first-order chi connectivity index (χ1) is 9.52. The Morgan fingerprint density at radius 2 is 2.25 bits per heavy atom. The monoisotopic (exact) mass is 297 g/mol. The van der Waals surface area contributed by atoms with Crippen molar-refractivity contribution in [2.75, 3.05) is 7.11 Å². The van der Waals surface area contributed by atoms with Crippen LogP contribution in [-0.4, -0.2) is 33.0 Å². The standard InChI is InChI=1S/C12H12ClN3O4/c1-16-10(14-6-15-16)5-20-11-8(13)3-7(12(17)18)4-9(11)19-2/h3-4,6H,5H2,1-2H3,(H,17,18). The van der Waals surface area contributed by atoms with E-state index in [4.69, 9.17) is 26.2 Å². The lowest BCUT2D eigenvalue weighted by Crippen LogP contribution is -2.06. The van der Waals surface area contributed by atoms with Gasteiger partial charge in [0.2, 0.25) is 0 Å². The highest BCUT2D eigenvalue weighted by atomic mass is 35.5. The molecule has 0 fully saturated rings. The topological polar surface area (TPSA) is 86.5 Å². The highest BCUT2D eigenvalue weighted by molar-refractivity contribution is 6.32. The molecule has 0 saturated carbocycles. The molecule has 0 atom stereocenters. The zero-order valence-electron chi connectivity index (χ0n) is 10.8. The number of halogens is 1. The van der Waals surface area contributed by atoms with Crippen molar-refractivity contribution in [1.29, 1.82) is 0 Å². The molecule has 20 heavy (non-hydrogen) atoms. The Hall–Kier alpha value is -2.28. The number of carbonyl (C=O) groups is 1. The second-order valence-electron chi connectivity index (χ2n) is 3.88. The third-order valence-electron chi connectivity index (χ3n) is 2.63. The molecule has 2 aromatic rings. The Kier molecular flexibility index (Phi) is 4.09. The van der Waals surface area contributed by atoms with E-state index < -0.39 is 5.97 Å². The van der Waals surface area contributed by atoms with E-state index >= 15 is 0 Å². The SMILES string of the molecule is COc1cc(C(=O)O)cc(Cl)c1OCc1ncnn1C. The van der Waals surface area contributed by atoms with Gasteiger partial charge in [0.05, 0.1) is 17.7 Å². The van der Waals surface area contributed by atoms with Crippen molar-refractivity contribution in [2.24, 2.45) is 7.05 Å². The van der Waals surface area contributed by atoms with Crippen LogP contribution >= 0.6 is 11.6 Å². The average Bonchev–Trinajstić information content (AvgIpc) is 2.82. The number of hydrogen-bond donors (Lipinski definition) is 1. The molecule has 0 aliphatic rings. The summed E-state index contributed by atoms with van der Waals surface area (Å²) in [6.07, 6.45) is 1.41. The van der Waals surface area contributed by atoms with Crippen LogP contribution in [0.25, 0.3) is 0 Å². The van der Waals surface area contributed by atoms with Gasteiger partial charge in [0, 0.05) is 7.05 Å². The van der Waals surface area contributed by atoms with Crippen molar-refractivity contribution in [3.63, 3.8) is 0 Å². The molecule has 1 aromatic carbocycles. The molecule has 1 N–H and O–H groups in total. The Morgan fingerprint density at radius 3 is 2.80 bits per heavy atom. The maximum Gasteiger partial charge on any atom is 0.335 e. The van der Waals surface area contributed by atoms with Gasteiger partial charge in [0.15, 0.2) is 17.3 Å². The normalized spacial score (nSPS) is 10.3. The maximum atomic E-state index is 10.9. The molecule has 2 rings (SSSR count). The number of hydrogen-bond acceptors (Lipinski definition) is 5. The summed E-state index contributed by atoms with van der Waals surface area (Å²) < 4.78 is 12.2.